The van der Waals surface area contributed by atoms with Gasteiger partial charge in [0.15, 0.2) is 6.61 Å². The Kier molecular flexibility index (Phi) is 8.52. The summed E-state index contributed by atoms with van der Waals surface area (Å²) in [4.78, 5) is 26.3. The highest BCUT2D eigenvalue weighted by atomic mass is 35.5. The predicted octanol–water partition coefficient (Wildman–Crippen LogP) is 3.46. The lowest BCUT2D eigenvalue weighted by atomic mass is 9.84. The number of benzene rings is 2. The zero-order valence-electron chi connectivity index (χ0n) is 19.5. The Morgan fingerprint density at radius 3 is 2.47 bits per heavy atom. The van der Waals surface area contributed by atoms with Crippen LogP contribution in [0, 0.1) is 5.82 Å². The van der Waals surface area contributed by atoms with Gasteiger partial charge in [-0.3, -0.25) is 9.59 Å². The number of nitrogens with one attached hydrogen (secondary N) is 2. The van der Waals surface area contributed by atoms with Crippen molar-refractivity contribution in [3.63, 3.8) is 0 Å². The number of nitrogens with zero attached hydrogens (tertiary/aromatic N) is 1. The van der Waals surface area contributed by atoms with Crippen LogP contribution in [0.1, 0.15) is 18.9 Å². The molecule has 9 heteroatoms. The molecule has 0 heterocycles. The fourth-order valence-corrected chi connectivity index (χ4v) is 3.63. The summed E-state index contributed by atoms with van der Waals surface area (Å²) in [5.74, 6) is -1.00. The molecule has 0 radical (unpaired) electrons. The van der Waals surface area contributed by atoms with Gasteiger partial charge in [0.1, 0.15) is 18.2 Å². The van der Waals surface area contributed by atoms with Crippen LogP contribution in [0.2, 0.25) is 5.02 Å². The van der Waals surface area contributed by atoms with Gasteiger partial charge in [-0.2, -0.15) is 0 Å². The molecule has 2 aromatic carbocycles. The van der Waals surface area contributed by atoms with E-state index in [2.05, 4.69) is 10.6 Å². The van der Waals surface area contributed by atoms with E-state index in [0.29, 0.717) is 13.0 Å². The van der Waals surface area contributed by atoms with Gasteiger partial charge in [-0.15, -0.1) is 0 Å². The van der Waals surface area contributed by atoms with E-state index in [1.54, 1.807) is 6.08 Å². The molecular weight excluding hydrogens is 461 g/mol. The minimum Gasteiger partial charge on any atom is -0.484 e. The quantitative estimate of drug-likeness (QED) is 0.472. The average Bonchev–Trinajstić information content (AvgIpc) is 2.76. The molecule has 3 rings (SSSR count). The van der Waals surface area contributed by atoms with Crippen LogP contribution in [0.25, 0.3) is 0 Å². The van der Waals surface area contributed by atoms with Crippen molar-refractivity contribution in [2.45, 2.75) is 25.3 Å². The molecule has 0 fully saturated rings. The molecule has 1 unspecified atom stereocenters. The Bertz CT molecular complexity index is 1060. The lowest BCUT2D eigenvalue weighted by Gasteiger charge is -2.37. The van der Waals surface area contributed by atoms with E-state index in [9.17, 15) is 14.0 Å². The average molecular weight is 490 g/mol. The summed E-state index contributed by atoms with van der Waals surface area (Å²) in [6, 6.07) is 12.2. The van der Waals surface area contributed by atoms with Crippen LogP contribution in [0.15, 0.2) is 54.2 Å². The van der Waals surface area contributed by atoms with E-state index in [1.165, 1.54) is 12.1 Å². The van der Waals surface area contributed by atoms with Crippen molar-refractivity contribution in [1.82, 2.24) is 10.6 Å². The zero-order chi connectivity index (χ0) is 24.7. The van der Waals surface area contributed by atoms with E-state index in [1.807, 2.05) is 50.2 Å². The fourth-order valence-electron chi connectivity index (χ4n) is 3.51. The first-order chi connectivity index (χ1) is 16.1. The van der Waals surface area contributed by atoms with Crippen molar-refractivity contribution in [2.24, 2.45) is 0 Å². The van der Waals surface area contributed by atoms with Gasteiger partial charge < -0.3 is 25.0 Å². The van der Waals surface area contributed by atoms with Gasteiger partial charge in [-0.1, -0.05) is 23.7 Å². The monoisotopic (exact) mass is 489 g/mol. The highest BCUT2D eigenvalue weighted by Crippen LogP contribution is 2.28. The Morgan fingerprint density at radius 2 is 1.82 bits per heavy atom. The fraction of sp³-hybridized carbons (Fsp3) is 0.360. The molecule has 0 bridgehead atoms. The number of amides is 2. The van der Waals surface area contributed by atoms with Crippen molar-refractivity contribution in [2.75, 3.05) is 38.8 Å². The van der Waals surface area contributed by atoms with Crippen molar-refractivity contribution in [3.8, 4) is 5.75 Å². The Hall–Kier alpha value is -3.10. The number of carbonyl (C=O) groups excluding carboxylic acids is 2. The summed E-state index contributed by atoms with van der Waals surface area (Å²) in [7, 11) is 3.98. The first kappa shape index (κ1) is 25.5. The second-order valence-electron chi connectivity index (χ2n) is 8.59. The van der Waals surface area contributed by atoms with Crippen molar-refractivity contribution < 1.29 is 23.5 Å². The second-order valence-corrected chi connectivity index (χ2v) is 9.00. The highest BCUT2D eigenvalue weighted by molar-refractivity contribution is 6.30. The number of anilines is 1. The first-order valence-corrected chi connectivity index (χ1v) is 11.3. The van der Waals surface area contributed by atoms with Gasteiger partial charge in [0.25, 0.3) is 5.91 Å². The number of carbonyl (C=O) groups is 2. The third-order valence-electron chi connectivity index (χ3n) is 5.26. The maximum absolute atomic E-state index is 13.4. The van der Waals surface area contributed by atoms with Crippen LogP contribution in [-0.2, 0) is 20.7 Å². The molecule has 0 aromatic heterocycles. The number of ether oxygens (including phenoxy) is 2. The molecule has 0 spiro atoms. The third kappa shape index (κ3) is 7.46. The number of hydrogen-bond acceptors (Lipinski definition) is 5. The highest BCUT2D eigenvalue weighted by Gasteiger charge is 2.34. The number of rotatable bonds is 11. The van der Waals surface area contributed by atoms with Gasteiger partial charge in [0.2, 0.25) is 5.91 Å². The maximum Gasteiger partial charge on any atom is 0.258 e. The molecule has 0 saturated heterocycles. The largest absolute Gasteiger partial charge is 0.484 e. The van der Waals surface area contributed by atoms with Crippen molar-refractivity contribution >= 4 is 29.1 Å². The van der Waals surface area contributed by atoms with Gasteiger partial charge in [0.05, 0.1) is 17.2 Å². The van der Waals surface area contributed by atoms with Gasteiger partial charge in [0, 0.05) is 38.0 Å². The molecule has 1 aliphatic carbocycles. The molecule has 2 amide bonds. The van der Waals surface area contributed by atoms with Crippen LogP contribution < -0.4 is 20.3 Å². The van der Waals surface area contributed by atoms with Gasteiger partial charge in [-0.05, 0) is 49.2 Å². The summed E-state index contributed by atoms with van der Waals surface area (Å²) in [6.07, 6.45) is 2.97. The lowest BCUT2D eigenvalue weighted by Crippen LogP contribution is -2.53. The molecule has 1 atom stereocenters. The molecule has 182 valence electrons. The summed E-state index contributed by atoms with van der Waals surface area (Å²) < 4.78 is 24.2. The van der Waals surface area contributed by atoms with E-state index in [0.717, 1.165) is 29.4 Å². The zero-order valence-corrected chi connectivity index (χ0v) is 20.2. The van der Waals surface area contributed by atoms with E-state index in [4.69, 9.17) is 21.1 Å². The number of halogens is 2. The van der Waals surface area contributed by atoms with E-state index in [-0.39, 0.29) is 35.8 Å². The normalized spacial score (nSPS) is 16.8. The molecule has 7 nitrogen and oxygen atoms in total. The minimum atomic E-state index is -0.614. The Balaban J connectivity index is 1.33. The third-order valence-corrected chi connectivity index (χ3v) is 5.56. The van der Waals surface area contributed by atoms with Crippen LogP contribution in [0.3, 0.4) is 0 Å². The SMILES string of the molecule is CN(C)c1ccc(CCOCC(=O)NC2=CC(C)(NC(=O)COc3ccc(Cl)c(F)c3)C2)cc1. The van der Waals surface area contributed by atoms with Gasteiger partial charge >= 0.3 is 0 Å². The molecule has 0 aliphatic heterocycles. The summed E-state index contributed by atoms with van der Waals surface area (Å²) in [5, 5.41) is 5.60. The lowest BCUT2D eigenvalue weighted by molar-refractivity contribution is -0.125. The topological polar surface area (TPSA) is 79.9 Å². The van der Waals surface area contributed by atoms with Crippen molar-refractivity contribution in [3.05, 3.63) is 70.6 Å². The van der Waals surface area contributed by atoms with Crippen LogP contribution in [-0.4, -0.2) is 51.3 Å². The van der Waals surface area contributed by atoms with Gasteiger partial charge in [-0.25, -0.2) is 4.39 Å². The van der Waals surface area contributed by atoms with Crippen LogP contribution in [0.5, 0.6) is 5.75 Å². The first-order valence-electron chi connectivity index (χ1n) is 10.9. The maximum atomic E-state index is 13.4. The molecule has 34 heavy (non-hydrogen) atoms. The smallest absolute Gasteiger partial charge is 0.258 e. The Labute approximate surface area is 203 Å². The predicted molar refractivity (Wildman–Crippen MR) is 130 cm³/mol. The summed E-state index contributed by atoms with van der Waals surface area (Å²) in [5.41, 5.74) is 2.40. The molecular formula is C25H29ClFN3O4. The summed E-state index contributed by atoms with van der Waals surface area (Å²) >= 11 is 5.63. The molecule has 2 aromatic rings. The molecule has 1 aliphatic rings. The Morgan fingerprint density at radius 1 is 1.12 bits per heavy atom. The minimum absolute atomic E-state index is 0.0150. The van der Waals surface area contributed by atoms with Crippen molar-refractivity contribution in [1.29, 1.82) is 0 Å². The summed E-state index contributed by atoms with van der Waals surface area (Å²) in [6.45, 7) is 1.97. The molecule has 0 saturated carbocycles. The standard InChI is InChI=1S/C25H29ClFN3O4/c1-25(29-24(32)16-34-20-8-9-21(26)22(27)12-20)13-18(14-25)28-23(31)15-33-11-10-17-4-6-19(7-5-17)30(2)3/h4-9,12-13H,10-11,14-16H2,1-3H3,(H,28,31)(H,29,32). The van der Waals surface area contributed by atoms with Crippen LogP contribution in [0.4, 0.5) is 10.1 Å². The van der Waals surface area contributed by atoms with E-state index < -0.39 is 11.4 Å². The number of hydrogen-bond donors (Lipinski definition) is 2. The molecule has 2 N–H and O–H groups in total. The second kappa shape index (κ2) is 11.4. The van der Waals surface area contributed by atoms with Crippen LogP contribution >= 0.6 is 11.6 Å². The van der Waals surface area contributed by atoms with E-state index >= 15 is 0 Å².